The molecule has 0 aromatic carbocycles. The Hall–Kier alpha value is -1.82. The number of hydrogen-bond acceptors (Lipinski definition) is 4. The SMILES string of the molecule is C[C@@H]1C[C@H]([C@@H](C)C(=O)O)CC2=COC(C)(O[C@@]3(C)C=C4[C@@H](CC3)[C@H](C)CC[C@H]4[C@@H](C)C(=O)O)CC[C@H]21. The Labute approximate surface area is 216 Å². The molecule has 0 aromatic rings. The molecular weight excluding hydrogens is 456 g/mol. The van der Waals surface area contributed by atoms with Gasteiger partial charge in [0.2, 0.25) is 5.79 Å². The first kappa shape index (κ1) is 27.2. The smallest absolute Gasteiger partial charge is 0.306 e. The van der Waals surface area contributed by atoms with Gasteiger partial charge in [-0.2, -0.15) is 0 Å². The highest BCUT2D eigenvalue weighted by Gasteiger charge is 2.46. The van der Waals surface area contributed by atoms with Crippen LogP contribution in [-0.4, -0.2) is 33.5 Å². The lowest BCUT2D eigenvalue weighted by Gasteiger charge is -2.47. The minimum absolute atomic E-state index is 0.0637. The van der Waals surface area contributed by atoms with E-state index >= 15 is 0 Å². The van der Waals surface area contributed by atoms with E-state index in [9.17, 15) is 19.8 Å². The van der Waals surface area contributed by atoms with Gasteiger partial charge in [-0.05, 0) is 93.0 Å². The Kier molecular flexibility index (Phi) is 7.68. The first-order valence-electron chi connectivity index (χ1n) is 14.1. The maximum Gasteiger partial charge on any atom is 0.306 e. The first-order valence-corrected chi connectivity index (χ1v) is 14.1. The van der Waals surface area contributed by atoms with Crippen molar-refractivity contribution in [1.29, 1.82) is 0 Å². The van der Waals surface area contributed by atoms with Crippen LogP contribution in [0.5, 0.6) is 0 Å². The third-order valence-corrected chi connectivity index (χ3v) is 10.1. The molecule has 10 atom stereocenters. The molecule has 2 saturated carbocycles. The minimum atomic E-state index is -0.773. The van der Waals surface area contributed by atoms with Crippen molar-refractivity contribution in [3.05, 3.63) is 23.5 Å². The van der Waals surface area contributed by atoms with E-state index in [-0.39, 0.29) is 17.8 Å². The highest BCUT2D eigenvalue weighted by Crippen LogP contribution is 2.51. The van der Waals surface area contributed by atoms with Crippen LogP contribution in [-0.2, 0) is 19.1 Å². The van der Waals surface area contributed by atoms with Crippen LogP contribution in [0.2, 0.25) is 0 Å². The van der Waals surface area contributed by atoms with Crippen molar-refractivity contribution in [3.8, 4) is 0 Å². The molecule has 0 amide bonds. The zero-order valence-electron chi connectivity index (χ0n) is 23.0. The van der Waals surface area contributed by atoms with Crippen LogP contribution in [0.4, 0.5) is 0 Å². The van der Waals surface area contributed by atoms with Gasteiger partial charge in [0.15, 0.2) is 0 Å². The molecule has 4 aliphatic rings. The topological polar surface area (TPSA) is 93.1 Å². The van der Waals surface area contributed by atoms with E-state index in [2.05, 4.69) is 26.8 Å². The van der Waals surface area contributed by atoms with Crippen molar-refractivity contribution in [2.45, 2.75) is 104 Å². The van der Waals surface area contributed by atoms with E-state index in [0.717, 1.165) is 51.4 Å². The second kappa shape index (κ2) is 10.2. The summed E-state index contributed by atoms with van der Waals surface area (Å²) >= 11 is 0. The maximum absolute atomic E-state index is 11.9. The number of hydrogen-bond donors (Lipinski definition) is 2. The summed E-state index contributed by atoms with van der Waals surface area (Å²) in [5.41, 5.74) is 2.00. The van der Waals surface area contributed by atoms with Crippen LogP contribution in [0.25, 0.3) is 0 Å². The van der Waals surface area contributed by atoms with Crippen LogP contribution in [0.3, 0.4) is 0 Å². The van der Waals surface area contributed by atoms with Crippen molar-refractivity contribution in [2.75, 3.05) is 0 Å². The van der Waals surface area contributed by atoms with Crippen molar-refractivity contribution < 1.29 is 29.3 Å². The molecule has 0 saturated heterocycles. The van der Waals surface area contributed by atoms with Gasteiger partial charge in [-0.25, -0.2) is 0 Å². The molecule has 1 heterocycles. The Morgan fingerprint density at radius 3 is 2.31 bits per heavy atom. The normalized spacial score (nSPS) is 42.4. The minimum Gasteiger partial charge on any atom is -0.481 e. The van der Waals surface area contributed by atoms with E-state index in [0.29, 0.717) is 23.7 Å². The van der Waals surface area contributed by atoms with Gasteiger partial charge in [-0.1, -0.05) is 39.3 Å². The van der Waals surface area contributed by atoms with Gasteiger partial charge in [0.1, 0.15) is 0 Å². The highest BCUT2D eigenvalue weighted by molar-refractivity contribution is 5.70. The lowest BCUT2D eigenvalue weighted by Crippen LogP contribution is -2.45. The second-order valence-electron chi connectivity index (χ2n) is 12.9. The molecule has 2 N–H and O–H groups in total. The molecule has 36 heavy (non-hydrogen) atoms. The zero-order chi connectivity index (χ0) is 26.4. The fourth-order valence-electron chi connectivity index (χ4n) is 7.72. The predicted octanol–water partition coefficient (Wildman–Crippen LogP) is 6.66. The van der Waals surface area contributed by atoms with Gasteiger partial charge >= 0.3 is 11.9 Å². The highest BCUT2D eigenvalue weighted by atomic mass is 16.7. The molecule has 202 valence electrons. The van der Waals surface area contributed by atoms with Gasteiger partial charge in [0, 0.05) is 13.3 Å². The predicted molar refractivity (Wildman–Crippen MR) is 138 cm³/mol. The summed E-state index contributed by atoms with van der Waals surface area (Å²) in [6.07, 6.45) is 11.5. The van der Waals surface area contributed by atoms with Crippen molar-refractivity contribution >= 4 is 11.9 Å². The fraction of sp³-hybridized carbons (Fsp3) is 0.800. The van der Waals surface area contributed by atoms with Gasteiger partial charge in [0.25, 0.3) is 0 Å². The van der Waals surface area contributed by atoms with Gasteiger partial charge in [-0.15, -0.1) is 0 Å². The van der Waals surface area contributed by atoms with E-state index < -0.39 is 29.2 Å². The summed E-state index contributed by atoms with van der Waals surface area (Å²) in [5, 5.41) is 19.3. The quantitative estimate of drug-likeness (QED) is 0.395. The molecule has 0 radical (unpaired) electrons. The van der Waals surface area contributed by atoms with Crippen molar-refractivity contribution in [2.24, 2.45) is 47.3 Å². The molecule has 3 aliphatic carbocycles. The van der Waals surface area contributed by atoms with E-state index in [4.69, 9.17) is 9.47 Å². The standard InChI is InChI=1S/C30H46O6/c1-17-7-8-25(20(4)28(33)34)26-15-29(5,11-9-24(17)26)36-30(6)12-10-23-18(2)13-21(19(3)27(31)32)14-22(23)16-35-30/h15-21,23-25H,7-14H2,1-6H3,(H,31,32)(H,33,34)/t17-,18-,19-,20-,21+,23+,24+,25+,29-,30?/m1/s1. The third-order valence-electron chi connectivity index (χ3n) is 10.1. The molecule has 1 unspecified atom stereocenters. The summed E-state index contributed by atoms with van der Waals surface area (Å²) in [6, 6.07) is 0. The van der Waals surface area contributed by atoms with Crippen LogP contribution >= 0.6 is 0 Å². The number of rotatable bonds is 6. The Morgan fingerprint density at radius 2 is 1.64 bits per heavy atom. The number of allylic oxidation sites excluding steroid dienone is 2. The number of aliphatic carboxylic acids is 2. The second-order valence-corrected chi connectivity index (χ2v) is 12.9. The number of carboxylic acids is 2. The summed E-state index contributed by atoms with van der Waals surface area (Å²) in [5.74, 6) is -0.964. The van der Waals surface area contributed by atoms with Crippen molar-refractivity contribution in [1.82, 2.24) is 0 Å². The van der Waals surface area contributed by atoms with E-state index in [1.54, 1.807) is 0 Å². The Morgan fingerprint density at radius 1 is 0.972 bits per heavy atom. The lowest BCUT2D eigenvalue weighted by atomic mass is 9.62. The summed E-state index contributed by atoms with van der Waals surface area (Å²) < 4.78 is 13.2. The van der Waals surface area contributed by atoms with Crippen LogP contribution in [0, 0.1) is 47.3 Å². The van der Waals surface area contributed by atoms with Crippen molar-refractivity contribution in [3.63, 3.8) is 0 Å². The number of fused-ring (bicyclic) bond motifs is 2. The average Bonchev–Trinajstić information content (AvgIpc) is 2.97. The maximum atomic E-state index is 11.9. The van der Waals surface area contributed by atoms with Gasteiger partial charge < -0.3 is 19.7 Å². The lowest BCUT2D eigenvalue weighted by molar-refractivity contribution is -0.247. The van der Waals surface area contributed by atoms with Gasteiger partial charge in [-0.3, -0.25) is 9.59 Å². The van der Waals surface area contributed by atoms with Gasteiger partial charge in [0.05, 0.1) is 23.7 Å². The molecule has 0 bridgehead atoms. The van der Waals surface area contributed by atoms with E-state index in [1.165, 1.54) is 11.1 Å². The molecule has 4 rings (SSSR count). The first-order chi connectivity index (χ1) is 16.8. The molecule has 0 spiro atoms. The molecule has 0 aromatic heterocycles. The number of carboxylic acid groups (broad SMARTS) is 2. The molecule has 6 nitrogen and oxygen atoms in total. The molecular formula is C30H46O6. The largest absolute Gasteiger partial charge is 0.481 e. The zero-order valence-corrected chi connectivity index (χ0v) is 23.0. The summed E-state index contributed by atoms with van der Waals surface area (Å²) in [4.78, 5) is 23.5. The molecule has 2 fully saturated rings. The average molecular weight is 503 g/mol. The Bertz CT molecular complexity index is 922. The summed E-state index contributed by atoms with van der Waals surface area (Å²) in [6.45, 7) is 12.4. The van der Waals surface area contributed by atoms with Crippen LogP contribution in [0.1, 0.15) is 92.9 Å². The van der Waals surface area contributed by atoms with Crippen LogP contribution < -0.4 is 0 Å². The molecule has 6 heteroatoms. The number of carbonyl (C=O) groups is 2. The fourth-order valence-corrected chi connectivity index (χ4v) is 7.72. The Balaban J connectivity index is 1.54. The van der Waals surface area contributed by atoms with E-state index in [1.807, 2.05) is 27.0 Å². The molecule has 1 aliphatic heterocycles. The van der Waals surface area contributed by atoms with Crippen LogP contribution in [0.15, 0.2) is 23.5 Å². The third kappa shape index (κ3) is 5.39. The monoisotopic (exact) mass is 502 g/mol. The number of ether oxygens (including phenoxy) is 2. The summed E-state index contributed by atoms with van der Waals surface area (Å²) in [7, 11) is 0.